The molecule has 6 nitrogen and oxygen atoms in total. The van der Waals surface area contributed by atoms with Gasteiger partial charge in [-0.25, -0.2) is 0 Å². The quantitative estimate of drug-likeness (QED) is 0.711. The number of carbonyl (C=O) groups excluding carboxylic acids is 1. The van der Waals surface area contributed by atoms with Crippen molar-refractivity contribution in [2.45, 2.75) is 12.5 Å². The zero-order valence-corrected chi connectivity index (χ0v) is 14.8. The molecule has 1 aliphatic rings. The minimum Gasteiger partial charge on any atom is -0.333 e. The highest BCUT2D eigenvalue weighted by Crippen LogP contribution is 2.33. The molecule has 1 atom stereocenters. The van der Waals surface area contributed by atoms with Crippen LogP contribution < -0.4 is 5.56 Å². The first-order valence-corrected chi connectivity index (χ1v) is 8.56. The van der Waals surface area contributed by atoms with E-state index in [1.165, 1.54) is 10.1 Å². The maximum absolute atomic E-state index is 13.1. The molecule has 0 radical (unpaired) electrons. The molecule has 4 rings (SSSR count). The van der Waals surface area contributed by atoms with Crippen molar-refractivity contribution in [2.24, 2.45) is 14.1 Å². The van der Waals surface area contributed by atoms with Crippen LogP contribution >= 0.6 is 0 Å². The van der Waals surface area contributed by atoms with Crippen LogP contribution in [0.2, 0.25) is 0 Å². The molecule has 1 aliphatic heterocycles. The standard InChI is InChI=1S/C20H20N4O2/c1-22-9-5-8-17(19(22)25)20(26)24-12-14-6-3-4-7-16(14)18(13-24)15-10-21-23(2)11-15/h3-11,18H,12-13H2,1-2H3. The smallest absolute Gasteiger partial charge is 0.263 e. The number of fused-ring (bicyclic) bond motifs is 1. The average molecular weight is 348 g/mol. The van der Waals surface area contributed by atoms with Crippen LogP contribution in [0.1, 0.15) is 33.0 Å². The number of hydrogen-bond donors (Lipinski definition) is 0. The van der Waals surface area contributed by atoms with E-state index in [0.29, 0.717) is 13.1 Å². The SMILES string of the molecule is Cn1cc(C2CN(C(=O)c3cccn(C)c3=O)Cc3ccccc32)cn1. The summed E-state index contributed by atoms with van der Waals surface area (Å²) in [5.41, 5.74) is 3.33. The second-order valence-electron chi connectivity index (χ2n) is 6.72. The Morgan fingerprint density at radius 3 is 2.73 bits per heavy atom. The maximum atomic E-state index is 13.1. The van der Waals surface area contributed by atoms with Crippen LogP contribution in [0.15, 0.2) is 59.8 Å². The average Bonchev–Trinajstić information content (AvgIpc) is 3.08. The lowest BCUT2D eigenvalue weighted by Crippen LogP contribution is -2.41. The number of aromatic nitrogens is 3. The van der Waals surface area contributed by atoms with Gasteiger partial charge in [-0.2, -0.15) is 5.10 Å². The van der Waals surface area contributed by atoms with Crippen molar-refractivity contribution in [1.29, 1.82) is 0 Å². The third kappa shape index (κ3) is 2.73. The van der Waals surface area contributed by atoms with Gasteiger partial charge in [0.2, 0.25) is 0 Å². The second kappa shape index (κ2) is 6.29. The number of amides is 1. The molecule has 0 fully saturated rings. The molecule has 1 amide bonds. The monoisotopic (exact) mass is 348 g/mol. The molecular formula is C20H20N4O2. The van der Waals surface area contributed by atoms with Crippen LogP contribution in [-0.2, 0) is 20.6 Å². The fourth-order valence-electron chi connectivity index (χ4n) is 3.60. The Morgan fingerprint density at radius 1 is 1.15 bits per heavy atom. The zero-order chi connectivity index (χ0) is 18.3. The number of nitrogens with zero attached hydrogens (tertiary/aromatic N) is 4. The van der Waals surface area contributed by atoms with Crippen molar-refractivity contribution in [3.8, 4) is 0 Å². The van der Waals surface area contributed by atoms with E-state index in [1.54, 1.807) is 35.0 Å². The first-order chi connectivity index (χ1) is 12.5. The third-order valence-electron chi connectivity index (χ3n) is 4.96. The van der Waals surface area contributed by atoms with Gasteiger partial charge in [0.1, 0.15) is 5.56 Å². The van der Waals surface area contributed by atoms with Crippen LogP contribution in [-0.4, -0.2) is 31.7 Å². The van der Waals surface area contributed by atoms with E-state index in [1.807, 2.05) is 37.6 Å². The molecule has 6 heteroatoms. The van der Waals surface area contributed by atoms with E-state index in [0.717, 1.165) is 11.1 Å². The van der Waals surface area contributed by atoms with Gasteiger partial charge in [0.15, 0.2) is 0 Å². The van der Waals surface area contributed by atoms with Crippen molar-refractivity contribution in [2.75, 3.05) is 6.54 Å². The summed E-state index contributed by atoms with van der Waals surface area (Å²) in [7, 11) is 3.54. The highest BCUT2D eigenvalue weighted by molar-refractivity contribution is 5.94. The predicted molar refractivity (Wildman–Crippen MR) is 97.9 cm³/mol. The van der Waals surface area contributed by atoms with Crippen molar-refractivity contribution >= 4 is 5.91 Å². The molecule has 2 aromatic heterocycles. The maximum Gasteiger partial charge on any atom is 0.263 e. The van der Waals surface area contributed by atoms with Crippen LogP contribution in [0.3, 0.4) is 0 Å². The lowest BCUT2D eigenvalue weighted by molar-refractivity contribution is 0.0722. The van der Waals surface area contributed by atoms with Gasteiger partial charge in [0.25, 0.3) is 11.5 Å². The Kier molecular flexibility index (Phi) is 3.95. The molecule has 3 aromatic rings. The summed E-state index contributed by atoms with van der Waals surface area (Å²) in [5.74, 6) is -0.181. The van der Waals surface area contributed by atoms with Crippen LogP contribution in [0, 0.1) is 0 Å². The highest BCUT2D eigenvalue weighted by Gasteiger charge is 2.31. The molecule has 3 heterocycles. The predicted octanol–water partition coefficient (Wildman–Crippen LogP) is 1.91. The van der Waals surface area contributed by atoms with E-state index in [-0.39, 0.29) is 22.9 Å². The Balaban J connectivity index is 1.74. The first kappa shape index (κ1) is 16.3. The van der Waals surface area contributed by atoms with E-state index >= 15 is 0 Å². The molecule has 1 unspecified atom stereocenters. The fraction of sp³-hybridized carbons (Fsp3) is 0.250. The highest BCUT2D eigenvalue weighted by atomic mass is 16.2. The number of rotatable bonds is 2. The summed E-state index contributed by atoms with van der Waals surface area (Å²) in [5, 5.41) is 4.28. The van der Waals surface area contributed by atoms with Crippen molar-refractivity contribution in [1.82, 2.24) is 19.2 Å². The summed E-state index contributed by atoms with van der Waals surface area (Å²) in [4.78, 5) is 27.2. The largest absolute Gasteiger partial charge is 0.333 e. The first-order valence-electron chi connectivity index (χ1n) is 8.56. The minimum atomic E-state index is -0.269. The molecular weight excluding hydrogens is 328 g/mol. The molecule has 0 bridgehead atoms. The molecule has 26 heavy (non-hydrogen) atoms. The van der Waals surface area contributed by atoms with Gasteiger partial charge in [0.05, 0.1) is 6.20 Å². The zero-order valence-electron chi connectivity index (χ0n) is 14.8. The number of benzene rings is 1. The van der Waals surface area contributed by atoms with Gasteiger partial charge < -0.3 is 9.47 Å². The van der Waals surface area contributed by atoms with E-state index < -0.39 is 0 Å². The Hall–Kier alpha value is -3.15. The Bertz CT molecular complexity index is 1030. The molecule has 0 aliphatic carbocycles. The summed E-state index contributed by atoms with van der Waals surface area (Å²) in [6.45, 7) is 1.03. The van der Waals surface area contributed by atoms with Gasteiger partial charge in [-0.05, 0) is 28.8 Å². The number of hydrogen-bond acceptors (Lipinski definition) is 3. The summed E-state index contributed by atoms with van der Waals surface area (Å²) >= 11 is 0. The van der Waals surface area contributed by atoms with Gasteiger partial charge in [-0.3, -0.25) is 14.3 Å². The van der Waals surface area contributed by atoms with Crippen molar-refractivity contribution < 1.29 is 4.79 Å². The topological polar surface area (TPSA) is 60.1 Å². The van der Waals surface area contributed by atoms with Crippen molar-refractivity contribution in [3.63, 3.8) is 0 Å². The van der Waals surface area contributed by atoms with Crippen molar-refractivity contribution in [3.05, 3.63) is 87.6 Å². The normalized spacial score (nSPS) is 16.4. The Morgan fingerprint density at radius 2 is 1.96 bits per heavy atom. The van der Waals surface area contributed by atoms with E-state index in [4.69, 9.17) is 0 Å². The molecule has 0 saturated heterocycles. The lowest BCUT2D eigenvalue weighted by atomic mass is 9.86. The van der Waals surface area contributed by atoms with Crippen LogP contribution in [0.25, 0.3) is 0 Å². The Labute approximate surface area is 151 Å². The molecule has 1 aromatic carbocycles. The summed E-state index contributed by atoms with van der Waals surface area (Å²) in [6.07, 6.45) is 5.48. The van der Waals surface area contributed by atoms with Gasteiger partial charge in [0, 0.05) is 45.5 Å². The lowest BCUT2D eigenvalue weighted by Gasteiger charge is -2.34. The minimum absolute atomic E-state index is 0.0464. The van der Waals surface area contributed by atoms with E-state index in [9.17, 15) is 9.59 Å². The molecule has 0 saturated carbocycles. The van der Waals surface area contributed by atoms with Crippen LogP contribution in [0.4, 0.5) is 0 Å². The molecule has 0 N–H and O–H groups in total. The fourth-order valence-corrected chi connectivity index (χ4v) is 3.60. The van der Waals surface area contributed by atoms with E-state index in [2.05, 4.69) is 11.2 Å². The van der Waals surface area contributed by atoms with Crippen LogP contribution in [0.5, 0.6) is 0 Å². The molecule has 132 valence electrons. The summed E-state index contributed by atoms with van der Waals surface area (Å²) in [6, 6.07) is 11.5. The van der Waals surface area contributed by atoms with Gasteiger partial charge in [-0.1, -0.05) is 24.3 Å². The summed E-state index contributed by atoms with van der Waals surface area (Å²) < 4.78 is 3.20. The third-order valence-corrected chi connectivity index (χ3v) is 4.96. The number of pyridine rings is 1. The molecule has 0 spiro atoms. The van der Waals surface area contributed by atoms with Gasteiger partial charge in [-0.15, -0.1) is 0 Å². The number of aryl methyl sites for hydroxylation is 2. The number of carbonyl (C=O) groups is 1. The second-order valence-corrected chi connectivity index (χ2v) is 6.72. The van der Waals surface area contributed by atoms with Gasteiger partial charge >= 0.3 is 0 Å².